The van der Waals surface area contributed by atoms with Gasteiger partial charge in [0.05, 0.1) is 7.11 Å². The van der Waals surface area contributed by atoms with Crippen LogP contribution in [0.15, 0.2) is 48.5 Å². The lowest BCUT2D eigenvalue weighted by Crippen LogP contribution is -2.44. The van der Waals surface area contributed by atoms with Crippen molar-refractivity contribution in [2.24, 2.45) is 0 Å². The van der Waals surface area contributed by atoms with Crippen molar-refractivity contribution in [1.82, 2.24) is 10.2 Å². The van der Waals surface area contributed by atoms with Crippen LogP contribution < -0.4 is 15.4 Å². The molecule has 1 atom stereocenters. The third-order valence-electron chi connectivity index (χ3n) is 5.63. The molecule has 0 aromatic heterocycles. The highest BCUT2D eigenvalue weighted by atomic mass is 16.5. The lowest BCUT2D eigenvalue weighted by molar-refractivity contribution is -0.134. The average molecular weight is 424 g/mol. The molecule has 1 saturated heterocycles. The molecule has 3 rings (SSSR count). The molecular formula is C24H29N3O4. The van der Waals surface area contributed by atoms with Gasteiger partial charge in [0.25, 0.3) is 5.91 Å². The fourth-order valence-corrected chi connectivity index (χ4v) is 3.68. The van der Waals surface area contributed by atoms with Gasteiger partial charge in [-0.2, -0.15) is 0 Å². The second-order valence-electron chi connectivity index (χ2n) is 8.68. The first kappa shape index (κ1) is 22.3. The molecule has 0 saturated carbocycles. The van der Waals surface area contributed by atoms with Gasteiger partial charge in [-0.25, -0.2) is 4.79 Å². The second-order valence-corrected chi connectivity index (χ2v) is 8.68. The number of hydrogen-bond donors (Lipinski definition) is 2. The number of anilines is 1. The van der Waals surface area contributed by atoms with E-state index in [0.29, 0.717) is 23.4 Å². The van der Waals surface area contributed by atoms with Gasteiger partial charge in [-0.05, 0) is 47.2 Å². The molecule has 4 amide bonds. The van der Waals surface area contributed by atoms with Crippen LogP contribution in [0.25, 0.3) is 0 Å². The molecule has 2 aromatic carbocycles. The summed E-state index contributed by atoms with van der Waals surface area (Å²) in [7, 11) is 1.56. The average Bonchev–Trinajstić information content (AvgIpc) is 2.98. The second kappa shape index (κ2) is 8.41. The van der Waals surface area contributed by atoms with Crippen molar-refractivity contribution in [3.63, 3.8) is 0 Å². The van der Waals surface area contributed by atoms with E-state index in [1.807, 2.05) is 31.2 Å². The molecule has 0 spiro atoms. The summed E-state index contributed by atoms with van der Waals surface area (Å²) in [6, 6.07) is 13.9. The molecule has 0 unspecified atom stereocenters. The number of nitrogens with zero attached hydrogens (tertiary/aromatic N) is 1. The first-order chi connectivity index (χ1) is 14.6. The van der Waals surface area contributed by atoms with E-state index in [-0.39, 0.29) is 12.0 Å². The van der Waals surface area contributed by atoms with Crippen molar-refractivity contribution < 1.29 is 19.1 Å². The minimum absolute atomic E-state index is 0.00748. The van der Waals surface area contributed by atoms with Crippen molar-refractivity contribution in [2.45, 2.75) is 45.1 Å². The Bertz CT molecular complexity index is 977. The topological polar surface area (TPSA) is 87.7 Å². The number of nitrogens with one attached hydrogen (secondary N) is 2. The Morgan fingerprint density at radius 3 is 2.19 bits per heavy atom. The summed E-state index contributed by atoms with van der Waals surface area (Å²) in [5, 5.41) is 5.54. The van der Waals surface area contributed by atoms with Crippen molar-refractivity contribution >= 4 is 23.5 Å². The number of methoxy groups -OCH3 is 1. The predicted molar refractivity (Wildman–Crippen MR) is 119 cm³/mol. The Morgan fingerprint density at radius 1 is 1.06 bits per heavy atom. The SMILES string of the molecule is CC[C@]1(c2ccc(OC)cc2)NC(=O)N(CC(=O)Nc2ccc(C(C)(C)C)cc2)C1=O. The quantitative estimate of drug-likeness (QED) is 0.692. The molecule has 164 valence electrons. The Balaban J connectivity index is 1.73. The maximum absolute atomic E-state index is 13.2. The Labute approximate surface area is 182 Å². The molecule has 2 aromatic rings. The zero-order valence-corrected chi connectivity index (χ0v) is 18.6. The lowest BCUT2D eigenvalue weighted by atomic mass is 9.87. The summed E-state index contributed by atoms with van der Waals surface area (Å²) >= 11 is 0. The molecule has 2 N–H and O–H groups in total. The van der Waals surface area contributed by atoms with Crippen LogP contribution in [0.3, 0.4) is 0 Å². The number of ether oxygens (including phenoxy) is 1. The van der Waals surface area contributed by atoms with Gasteiger partial charge in [0.2, 0.25) is 5.91 Å². The van der Waals surface area contributed by atoms with E-state index in [0.717, 1.165) is 10.5 Å². The number of carbonyl (C=O) groups is 3. The van der Waals surface area contributed by atoms with Crippen LogP contribution in [-0.4, -0.2) is 36.4 Å². The summed E-state index contributed by atoms with van der Waals surface area (Å²) in [5.74, 6) is -0.225. The van der Waals surface area contributed by atoms with Crippen LogP contribution in [0.2, 0.25) is 0 Å². The van der Waals surface area contributed by atoms with Gasteiger partial charge >= 0.3 is 6.03 Å². The van der Waals surface area contributed by atoms with E-state index in [2.05, 4.69) is 31.4 Å². The zero-order valence-electron chi connectivity index (χ0n) is 18.6. The van der Waals surface area contributed by atoms with Crippen molar-refractivity contribution in [2.75, 3.05) is 19.0 Å². The summed E-state index contributed by atoms with van der Waals surface area (Å²) in [4.78, 5) is 39.3. The van der Waals surface area contributed by atoms with Gasteiger partial charge in [0.1, 0.15) is 17.8 Å². The van der Waals surface area contributed by atoms with Crippen molar-refractivity contribution in [3.8, 4) is 5.75 Å². The predicted octanol–water partition coefficient (Wildman–Crippen LogP) is 3.79. The van der Waals surface area contributed by atoms with Gasteiger partial charge < -0.3 is 15.4 Å². The molecular weight excluding hydrogens is 394 g/mol. The minimum Gasteiger partial charge on any atom is -0.497 e. The molecule has 1 fully saturated rings. The van der Waals surface area contributed by atoms with E-state index in [1.165, 1.54) is 0 Å². The number of imide groups is 1. The fraction of sp³-hybridized carbons (Fsp3) is 0.375. The Hall–Kier alpha value is -3.35. The van der Waals surface area contributed by atoms with Crippen LogP contribution in [0.5, 0.6) is 5.75 Å². The molecule has 0 aliphatic carbocycles. The molecule has 1 aliphatic rings. The monoisotopic (exact) mass is 423 g/mol. The largest absolute Gasteiger partial charge is 0.497 e. The van der Waals surface area contributed by atoms with Gasteiger partial charge in [-0.3, -0.25) is 14.5 Å². The normalized spacial score (nSPS) is 18.7. The Kier molecular flexibility index (Phi) is 6.06. The summed E-state index contributed by atoms with van der Waals surface area (Å²) < 4.78 is 5.17. The van der Waals surface area contributed by atoms with Gasteiger partial charge in [-0.1, -0.05) is 52.0 Å². The van der Waals surface area contributed by atoms with Crippen LogP contribution >= 0.6 is 0 Å². The highest BCUT2D eigenvalue weighted by molar-refractivity contribution is 6.10. The number of carbonyl (C=O) groups excluding carboxylic acids is 3. The maximum atomic E-state index is 13.2. The third-order valence-corrected chi connectivity index (χ3v) is 5.63. The maximum Gasteiger partial charge on any atom is 0.325 e. The highest BCUT2D eigenvalue weighted by Crippen LogP contribution is 2.33. The zero-order chi connectivity index (χ0) is 22.8. The Morgan fingerprint density at radius 2 is 1.68 bits per heavy atom. The van der Waals surface area contributed by atoms with Crippen LogP contribution in [0.4, 0.5) is 10.5 Å². The van der Waals surface area contributed by atoms with Crippen LogP contribution in [0, 0.1) is 0 Å². The number of urea groups is 1. The summed E-state index contributed by atoms with van der Waals surface area (Å²) in [6.07, 6.45) is 0.357. The van der Waals surface area contributed by atoms with E-state index in [1.54, 1.807) is 31.4 Å². The fourth-order valence-electron chi connectivity index (χ4n) is 3.68. The number of rotatable bonds is 6. The lowest BCUT2D eigenvalue weighted by Gasteiger charge is -2.26. The standard InChI is InChI=1S/C24H29N3O4/c1-6-24(17-9-13-19(31-5)14-10-17)21(29)27(22(30)26-24)15-20(28)25-18-11-7-16(8-12-18)23(2,3)4/h7-14H,6,15H2,1-5H3,(H,25,28)(H,26,30)/t24-/m1/s1. The number of benzene rings is 2. The van der Waals surface area contributed by atoms with E-state index in [9.17, 15) is 14.4 Å². The molecule has 7 nitrogen and oxygen atoms in total. The summed E-state index contributed by atoms with van der Waals surface area (Å²) in [5.41, 5.74) is 1.22. The molecule has 0 radical (unpaired) electrons. The molecule has 0 bridgehead atoms. The van der Waals surface area contributed by atoms with E-state index < -0.39 is 23.4 Å². The highest BCUT2D eigenvalue weighted by Gasteiger charge is 2.51. The van der Waals surface area contributed by atoms with Crippen molar-refractivity contribution in [1.29, 1.82) is 0 Å². The molecule has 1 heterocycles. The first-order valence-corrected chi connectivity index (χ1v) is 10.3. The van der Waals surface area contributed by atoms with E-state index in [4.69, 9.17) is 4.74 Å². The van der Waals surface area contributed by atoms with Gasteiger partial charge in [0, 0.05) is 5.69 Å². The first-order valence-electron chi connectivity index (χ1n) is 10.3. The molecule has 31 heavy (non-hydrogen) atoms. The van der Waals surface area contributed by atoms with Gasteiger partial charge in [-0.15, -0.1) is 0 Å². The van der Waals surface area contributed by atoms with Crippen LogP contribution in [-0.2, 0) is 20.5 Å². The van der Waals surface area contributed by atoms with Crippen LogP contribution in [0.1, 0.15) is 45.2 Å². The van der Waals surface area contributed by atoms with Crippen molar-refractivity contribution in [3.05, 3.63) is 59.7 Å². The number of amides is 4. The number of hydrogen-bond acceptors (Lipinski definition) is 4. The van der Waals surface area contributed by atoms with Gasteiger partial charge in [0.15, 0.2) is 0 Å². The molecule has 1 aliphatic heterocycles. The summed E-state index contributed by atoms with van der Waals surface area (Å²) in [6.45, 7) is 7.80. The third kappa shape index (κ3) is 4.40. The minimum atomic E-state index is -1.20. The smallest absolute Gasteiger partial charge is 0.325 e. The van der Waals surface area contributed by atoms with E-state index >= 15 is 0 Å². The molecule has 7 heteroatoms.